The maximum absolute atomic E-state index is 5.95. The van der Waals surface area contributed by atoms with Gasteiger partial charge < -0.3 is 5.73 Å². The molecule has 3 aromatic carbocycles. The number of benzene rings is 3. The van der Waals surface area contributed by atoms with Crippen LogP contribution in [0.3, 0.4) is 0 Å². The molecule has 20 heavy (non-hydrogen) atoms. The number of hydrogen-bond donors (Lipinski definition) is 1. The van der Waals surface area contributed by atoms with Crippen LogP contribution >= 0.6 is 0 Å². The van der Waals surface area contributed by atoms with E-state index in [4.69, 9.17) is 5.73 Å². The molecule has 0 bridgehead atoms. The van der Waals surface area contributed by atoms with Crippen molar-refractivity contribution in [1.29, 1.82) is 0 Å². The smallest absolute Gasteiger partial charge is 0.0320 e. The van der Waals surface area contributed by atoms with Gasteiger partial charge in [0, 0.05) is 5.69 Å². The second-order valence-corrected chi connectivity index (χ2v) is 5.52. The van der Waals surface area contributed by atoms with E-state index >= 15 is 0 Å². The number of aryl methyl sites for hydroxylation is 1. The van der Waals surface area contributed by atoms with Crippen molar-refractivity contribution in [3.63, 3.8) is 0 Å². The average molecular weight is 263 g/mol. The quantitative estimate of drug-likeness (QED) is 0.385. The Morgan fingerprint density at radius 1 is 0.850 bits per heavy atom. The molecule has 0 saturated heterocycles. The summed E-state index contributed by atoms with van der Waals surface area (Å²) in [6.45, 7) is 2.25. The minimum atomic E-state index is 0.835. The normalized spacial score (nSPS) is 11.2. The Labute approximate surface area is 120 Å². The van der Waals surface area contributed by atoms with Crippen molar-refractivity contribution in [2.75, 3.05) is 5.73 Å². The molecule has 0 saturated carbocycles. The molecule has 0 aromatic heterocycles. The van der Waals surface area contributed by atoms with E-state index in [1.807, 2.05) is 6.07 Å². The Kier molecular flexibility index (Phi) is 3.60. The third-order valence-electron chi connectivity index (χ3n) is 4.02. The molecule has 0 radical (unpaired) electrons. The zero-order valence-corrected chi connectivity index (χ0v) is 12.0. The summed E-state index contributed by atoms with van der Waals surface area (Å²) in [7, 11) is 0. The van der Waals surface area contributed by atoms with Crippen molar-refractivity contribution in [3.8, 4) is 0 Å². The van der Waals surface area contributed by atoms with Crippen molar-refractivity contribution in [2.45, 2.75) is 32.6 Å². The van der Waals surface area contributed by atoms with Crippen molar-refractivity contribution in [1.82, 2.24) is 0 Å². The Morgan fingerprint density at radius 2 is 1.65 bits per heavy atom. The lowest BCUT2D eigenvalue weighted by Crippen LogP contribution is -1.91. The van der Waals surface area contributed by atoms with Gasteiger partial charge in [-0.15, -0.1) is 0 Å². The van der Waals surface area contributed by atoms with Gasteiger partial charge in [-0.25, -0.2) is 0 Å². The van der Waals surface area contributed by atoms with Crippen LogP contribution in [0.4, 0.5) is 5.69 Å². The Morgan fingerprint density at radius 3 is 2.45 bits per heavy atom. The molecular weight excluding hydrogens is 242 g/mol. The zero-order valence-electron chi connectivity index (χ0n) is 12.0. The third-order valence-corrected chi connectivity index (χ3v) is 4.02. The number of nitrogen functional groups attached to an aromatic ring is 1. The zero-order chi connectivity index (χ0) is 13.9. The number of fused-ring (bicyclic) bond motifs is 3. The number of hydrogen-bond acceptors (Lipinski definition) is 1. The molecular formula is C19H21N. The first-order valence-electron chi connectivity index (χ1n) is 7.49. The van der Waals surface area contributed by atoms with E-state index in [-0.39, 0.29) is 0 Å². The summed E-state index contributed by atoms with van der Waals surface area (Å²) in [5.74, 6) is 0. The van der Waals surface area contributed by atoms with Crippen molar-refractivity contribution in [2.24, 2.45) is 0 Å². The van der Waals surface area contributed by atoms with Gasteiger partial charge in [-0.1, -0.05) is 56.2 Å². The van der Waals surface area contributed by atoms with Crippen LogP contribution in [0.2, 0.25) is 0 Å². The molecule has 0 aliphatic rings. The van der Waals surface area contributed by atoms with Crippen molar-refractivity contribution in [3.05, 3.63) is 54.1 Å². The first kappa shape index (κ1) is 13.0. The van der Waals surface area contributed by atoms with Gasteiger partial charge in [0.25, 0.3) is 0 Å². The summed E-state index contributed by atoms with van der Waals surface area (Å²) in [5, 5.41) is 5.26. The highest BCUT2D eigenvalue weighted by molar-refractivity contribution is 6.09. The number of nitrogens with two attached hydrogens (primary N) is 1. The van der Waals surface area contributed by atoms with Gasteiger partial charge in [0.05, 0.1) is 0 Å². The van der Waals surface area contributed by atoms with E-state index < -0.39 is 0 Å². The highest BCUT2D eigenvalue weighted by Gasteiger charge is 2.06. The fourth-order valence-corrected chi connectivity index (χ4v) is 2.97. The number of unbranched alkanes of at least 4 members (excludes halogenated alkanes) is 2. The van der Waals surface area contributed by atoms with Gasteiger partial charge in [-0.05, 0) is 52.1 Å². The first-order chi connectivity index (χ1) is 9.79. The molecule has 2 N–H and O–H groups in total. The molecule has 0 heterocycles. The summed E-state index contributed by atoms with van der Waals surface area (Å²) in [6, 6.07) is 17.2. The lowest BCUT2D eigenvalue weighted by Gasteiger charge is -2.11. The van der Waals surface area contributed by atoms with Crippen LogP contribution in [-0.2, 0) is 6.42 Å². The van der Waals surface area contributed by atoms with E-state index in [0.29, 0.717) is 0 Å². The molecule has 0 aliphatic carbocycles. The second kappa shape index (κ2) is 5.54. The van der Waals surface area contributed by atoms with Crippen molar-refractivity contribution < 1.29 is 0 Å². The third kappa shape index (κ3) is 2.36. The van der Waals surface area contributed by atoms with Gasteiger partial charge in [0.15, 0.2) is 0 Å². The fraction of sp³-hybridized carbons (Fsp3) is 0.263. The van der Waals surface area contributed by atoms with Crippen LogP contribution < -0.4 is 5.73 Å². The standard InChI is InChI=1S/C19H21N/c1-2-3-4-7-14-12-15-10-11-16(20)13-19(15)18-9-6-5-8-17(14)18/h5-6,8-13H,2-4,7,20H2,1H3. The van der Waals surface area contributed by atoms with Crippen LogP contribution in [0, 0.1) is 0 Å². The number of anilines is 1. The molecule has 0 fully saturated rings. The van der Waals surface area contributed by atoms with Crippen LogP contribution in [0.5, 0.6) is 0 Å². The predicted molar refractivity (Wildman–Crippen MR) is 89.1 cm³/mol. The lowest BCUT2D eigenvalue weighted by atomic mass is 9.94. The molecule has 3 rings (SSSR count). The summed E-state index contributed by atoms with van der Waals surface area (Å²) in [6.07, 6.45) is 4.99. The summed E-state index contributed by atoms with van der Waals surface area (Å²) < 4.78 is 0. The van der Waals surface area contributed by atoms with E-state index in [9.17, 15) is 0 Å². The van der Waals surface area contributed by atoms with Gasteiger partial charge in [0.2, 0.25) is 0 Å². The average Bonchev–Trinajstić information content (AvgIpc) is 2.48. The molecule has 102 valence electrons. The van der Waals surface area contributed by atoms with E-state index in [2.05, 4.69) is 49.4 Å². The van der Waals surface area contributed by atoms with E-state index in [1.54, 1.807) is 0 Å². The molecule has 0 atom stereocenters. The highest BCUT2D eigenvalue weighted by Crippen LogP contribution is 2.30. The maximum Gasteiger partial charge on any atom is 0.0320 e. The first-order valence-corrected chi connectivity index (χ1v) is 7.49. The molecule has 1 nitrogen and oxygen atoms in total. The van der Waals surface area contributed by atoms with Gasteiger partial charge in [0.1, 0.15) is 0 Å². The molecule has 0 amide bonds. The minimum Gasteiger partial charge on any atom is -0.399 e. The van der Waals surface area contributed by atoms with Crippen LogP contribution in [0.25, 0.3) is 21.5 Å². The van der Waals surface area contributed by atoms with Gasteiger partial charge in [-0.3, -0.25) is 0 Å². The molecule has 1 heteroatoms. The van der Waals surface area contributed by atoms with E-state index in [1.165, 1.54) is 46.4 Å². The van der Waals surface area contributed by atoms with Crippen LogP contribution in [-0.4, -0.2) is 0 Å². The highest BCUT2D eigenvalue weighted by atomic mass is 14.5. The van der Waals surface area contributed by atoms with Crippen molar-refractivity contribution >= 4 is 27.2 Å². The van der Waals surface area contributed by atoms with E-state index in [0.717, 1.165) is 12.1 Å². The second-order valence-electron chi connectivity index (χ2n) is 5.52. The SMILES string of the molecule is CCCCCc1cc2ccc(N)cc2c2ccccc12. The minimum absolute atomic E-state index is 0.835. The topological polar surface area (TPSA) is 26.0 Å². The van der Waals surface area contributed by atoms with Crippen LogP contribution in [0.1, 0.15) is 31.7 Å². The molecule has 0 unspecified atom stereocenters. The summed E-state index contributed by atoms with van der Waals surface area (Å²) in [5.41, 5.74) is 8.25. The lowest BCUT2D eigenvalue weighted by molar-refractivity contribution is 0.720. The summed E-state index contributed by atoms with van der Waals surface area (Å²) >= 11 is 0. The fourth-order valence-electron chi connectivity index (χ4n) is 2.97. The molecule has 0 aliphatic heterocycles. The maximum atomic E-state index is 5.95. The monoisotopic (exact) mass is 263 g/mol. The van der Waals surface area contributed by atoms with Gasteiger partial charge in [-0.2, -0.15) is 0 Å². The Hall–Kier alpha value is -2.02. The number of rotatable bonds is 4. The Bertz CT molecular complexity index is 743. The summed E-state index contributed by atoms with van der Waals surface area (Å²) in [4.78, 5) is 0. The molecule has 0 spiro atoms. The largest absolute Gasteiger partial charge is 0.399 e. The van der Waals surface area contributed by atoms with Gasteiger partial charge >= 0.3 is 0 Å². The predicted octanol–water partition coefficient (Wildman–Crippen LogP) is 5.31. The van der Waals surface area contributed by atoms with Crippen LogP contribution in [0.15, 0.2) is 48.5 Å². The molecule has 3 aromatic rings. The Balaban J connectivity index is 2.20.